The SMILES string of the molecule is CC(C)CNC1(C(=O)O)CCC2(CCCC2)CC1. The summed E-state index contributed by atoms with van der Waals surface area (Å²) in [6, 6.07) is 0. The summed E-state index contributed by atoms with van der Waals surface area (Å²) in [6.45, 7) is 5.06. The predicted molar refractivity (Wildman–Crippen MR) is 72.6 cm³/mol. The van der Waals surface area contributed by atoms with Crippen molar-refractivity contribution in [2.24, 2.45) is 11.3 Å². The number of nitrogens with one attached hydrogen (secondary N) is 1. The van der Waals surface area contributed by atoms with Gasteiger partial charge in [0.15, 0.2) is 0 Å². The van der Waals surface area contributed by atoms with Crippen molar-refractivity contribution in [1.82, 2.24) is 5.32 Å². The minimum absolute atomic E-state index is 0.498. The lowest BCUT2D eigenvalue weighted by molar-refractivity contribution is -0.147. The third kappa shape index (κ3) is 2.71. The van der Waals surface area contributed by atoms with Crippen LogP contribution >= 0.6 is 0 Å². The Balaban J connectivity index is 1.99. The Kier molecular flexibility index (Phi) is 4.00. The van der Waals surface area contributed by atoms with Crippen LogP contribution in [0, 0.1) is 11.3 Å². The van der Waals surface area contributed by atoms with Crippen LogP contribution in [0.2, 0.25) is 0 Å². The van der Waals surface area contributed by atoms with Crippen molar-refractivity contribution < 1.29 is 9.90 Å². The monoisotopic (exact) mass is 253 g/mol. The molecule has 0 radical (unpaired) electrons. The first-order valence-corrected chi connectivity index (χ1v) is 7.47. The lowest BCUT2D eigenvalue weighted by Gasteiger charge is -2.43. The lowest BCUT2D eigenvalue weighted by atomic mass is 9.66. The fourth-order valence-corrected chi connectivity index (χ4v) is 3.70. The van der Waals surface area contributed by atoms with Gasteiger partial charge >= 0.3 is 5.97 Å². The molecule has 0 amide bonds. The van der Waals surface area contributed by atoms with E-state index < -0.39 is 11.5 Å². The van der Waals surface area contributed by atoms with Gasteiger partial charge in [0.05, 0.1) is 0 Å². The van der Waals surface area contributed by atoms with E-state index in [0.29, 0.717) is 11.3 Å². The highest BCUT2D eigenvalue weighted by molar-refractivity contribution is 5.79. The maximum atomic E-state index is 11.6. The standard InChI is InChI=1S/C15H27NO2/c1-12(2)11-16-15(13(17)18)9-7-14(8-10-15)5-3-4-6-14/h12,16H,3-11H2,1-2H3,(H,17,18). The summed E-state index contributed by atoms with van der Waals surface area (Å²) in [5.74, 6) is -0.139. The van der Waals surface area contributed by atoms with Gasteiger partial charge in [-0.3, -0.25) is 4.79 Å². The Labute approximate surface area is 110 Å². The van der Waals surface area contributed by atoms with Gasteiger partial charge in [0.2, 0.25) is 0 Å². The Morgan fingerprint density at radius 1 is 1.11 bits per heavy atom. The number of hydrogen-bond acceptors (Lipinski definition) is 2. The van der Waals surface area contributed by atoms with Gasteiger partial charge in [-0.25, -0.2) is 0 Å². The molecule has 104 valence electrons. The van der Waals surface area contributed by atoms with Crippen molar-refractivity contribution in [3.05, 3.63) is 0 Å². The average molecular weight is 253 g/mol. The van der Waals surface area contributed by atoms with E-state index in [-0.39, 0.29) is 0 Å². The van der Waals surface area contributed by atoms with E-state index in [1.165, 1.54) is 25.7 Å². The number of rotatable bonds is 4. The molecule has 0 aromatic rings. The molecule has 0 aromatic carbocycles. The molecule has 3 heteroatoms. The van der Waals surface area contributed by atoms with E-state index in [4.69, 9.17) is 0 Å². The summed E-state index contributed by atoms with van der Waals surface area (Å²) in [6.07, 6.45) is 9.18. The van der Waals surface area contributed by atoms with Gasteiger partial charge in [0.25, 0.3) is 0 Å². The molecule has 2 rings (SSSR count). The first-order valence-electron chi connectivity index (χ1n) is 7.47. The highest BCUT2D eigenvalue weighted by atomic mass is 16.4. The molecule has 2 saturated carbocycles. The Bertz CT molecular complexity index is 296. The average Bonchev–Trinajstić information content (AvgIpc) is 2.77. The van der Waals surface area contributed by atoms with E-state index >= 15 is 0 Å². The first kappa shape index (κ1) is 13.9. The van der Waals surface area contributed by atoms with Crippen molar-refractivity contribution in [3.63, 3.8) is 0 Å². The van der Waals surface area contributed by atoms with Crippen LogP contribution in [0.15, 0.2) is 0 Å². The highest BCUT2D eigenvalue weighted by Gasteiger charge is 2.47. The highest BCUT2D eigenvalue weighted by Crippen LogP contribution is 2.51. The summed E-state index contributed by atoms with van der Waals surface area (Å²) in [5.41, 5.74) is -0.142. The number of carbonyl (C=O) groups is 1. The number of aliphatic carboxylic acids is 1. The molecule has 0 saturated heterocycles. The molecule has 1 spiro atoms. The second kappa shape index (κ2) is 5.20. The molecule has 0 aliphatic heterocycles. The van der Waals surface area contributed by atoms with Crippen molar-refractivity contribution in [2.45, 2.75) is 70.8 Å². The summed E-state index contributed by atoms with van der Waals surface area (Å²) in [5, 5.41) is 12.9. The van der Waals surface area contributed by atoms with E-state index in [9.17, 15) is 9.90 Å². The van der Waals surface area contributed by atoms with Crippen LogP contribution in [0.1, 0.15) is 65.2 Å². The van der Waals surface area contributed by atoms with Gasteiger partial charge in [-0.05, 0) is 56.4 Å². The molecule has 2 fully saturated rings. The fourth-order valence-electron chi connectivity index (χ4n) is 3.70. The van der Waals surface area contributed by atoms with Crippen LogP contribution < -0.4 is 5.32 Å². The molecule has 0 aromatic heterocycles. The molecular formula is C15H27NO2. The van der Waals surface area contributed by atoms with Gasteiger partial charge in [0, 0.05) is 0 Å². The molecule has 3 nitrogen and oxygen atoms in total. The normalized spacial score (nSPS) is 25.7. The smallest absolute Gasteiger partial charge is 0.323 e. The fraction of sp³-hybridized carbons (Fsp3) is 0.933. The minimum Gasteiger partial charge on any atom is -0.480 e. The van der Waals surface area contributed by atoms with Gasteiger partial charge in [0.1, 0.15) is 5.54 Å². The number of hydrogen-bond donors (Lipinski definition) is 2. The Morgan fingerprint density at radius 2 is 1.67 bits per heavy atom. The second-order valence-electron chi connectivity index (χ2n) is 6.87. The maximum absolute atomic E-state index is 11.6. The minimum atomic E-state index is -0.643. The van der Waals surface area contributed by atoms with Crippen molar-refractivity contribution >= 4 is 5.97 Å². The molecule has 0 bridgehead atoms. The van der Waals surface area contributed by atoms with Crippen LogP contribution in [-0.4, -0.2) is 23.2 Å². The summed E-state index contributed by atoms with van der Waals surface area (Å²) < 4.78 is 0. The largest absolute Gasteiger partial charge is 0.480 e. The number of carboxylic acids is 1. The zero-order chi connectivity index (χ0) is 13.2. The Hall–Kier alpha value is -0.570. The first-order chi connectivity index (χ1) is 8.48. The van der Waals surface area contributed by atoms with Crippen LogP contribution in [-0.2, 0) is 4.79 Å². The summed E-state index contributed by atoms with van der Waals surface area (Å²) in [4.78, 5) is 11.6. The summed E-state index contributed by atoms with van der Waals surface area (Å²) >= 11 is 0. The lowest BCUT2D eigenvalue weighted by Crippen LogP contribution is -2.56. The van der Waals surface area contributed by atoms with E-state index in [2.05, 4.69) is 19.2 Å². The quantitative estimate of drug-likeness (QED) is 0.809. The number of carboxylic acid groups (broad SMARTS) is 1. The molecule has 2 aliphatic carbocycles. The van der Waals surface area contributed by atoms with Crippen LogP contribution in [0.25, 0.3) is 0 Å². The van der Waals surface area contributed by atoms with Gasteiger partial charge in [-0.15, -0.1) is 0 Å². The van der Waals surface area contributed by atoms with Crippen LogP contribution in [0.4, 0.5) is 0 Å². The topological polar surface area (TPSA) is 49.3 Å². The van der Waals surface area contributed by atoms with E-state index in [0.717, 1.165) is 32.2 Å². The molecule has 0 unspecified atom stereocenters. The zero-order valence-corrected chi connectivity index (χ0v) is 11.8. The van der Waals surface area contributed by atoms with E-state index in [1.54, 1.807) is 0 Å². The van der Waals surface area contributed by atoms with Crippen LogP contribution in [0.5, 0.6) is 0 Å². The summed E-state index contributed by atoms with van der Waals surface area (Å²) in [7, 11) is 0. The molecule has 2 N–H and O–H groups in total. The van der Waals surface area contributed by atoms with Gasteiger partial charge in [-0.1, -0.05) is 26.7 Å². The molecule has 2 aliphatic rings. The van der Waals surface area contributed by atoms with Crippen molar-refractivity contribution in [2.75, 3.05) is 6.54 Å². The molecular weight excluding hydrogens is 226 g/mol. The Morgan fingerprint density at radius 3 is 2.11 bits per heavy atom. The third-order valence-electron chi connectivity index (χ3n) is 5.09. The maximum Gasteiger partial charge on any atom is 0.323 e. The van der Waals surface area contributed by atoms with Gasteiger partial charge < -0.3 is 10.4 Å². The van der Waals surface area contributed by atoms with Crippen LogP contribution in [0.3, 0.4) is 0 Å². The van der Waals surface area contributed by atoms with E-state index in [1.807, 2.05) is 0 Å². The van der Waals surface area contributed by atoms with Crippen molar-refractivity contribution in [3.8, 4) is 0 Å². The molecule has 18 heavy (non-hydrogen) atoms. The van der Waals surface area contributed by atoms with Gasteiger partial charge in [-0.2, -0.15) is 0 Å². The molecule has 0 heterocycles. The van der Waals surface area contributed by atoms with Crippen molar-refractivity contribution in [1.29, 1.82) is 0 Å². The zero-order valence-electron chi connectivity index (χ0n) is 11.8. The predicted octanol–water partition coefficient (Wildman–Crippen LogP) is 3.19. The second-order valence-corrected chi connectivity index (χ2v) is 6.87. The molecule has 0 atom stereocenters. The third-order valence-corrected chi connectivity index (χ3v) is 5.09.